The fourth-order valence-corrected chi connectivity index (χ4v) is 3.54. The van der Waals surface area contributed by atoms with Crippen molar-refractivity contribution in [3.05, 3.63) is 0 Å². The van der Waals surface area contributed by atoms with Gasteiger partial charge in [-0.1, -0.05) is 25.7 Å². The van der Waals surface area contributed by atoms with Crippen LogP contribution in [0.2, 0.25) is 0 Å². The van der Waals surface area contributed by atoms with Crippen molar-refractivity contribution in [2.45, 2.75) is 69.6 Å². The first kappa shape index (κ1) is 15.6. The van der Waals surface area contributed by atoms with Crippen LogP contribution in [0, 0.1) is 5.92 Å². The molecule has 0 heterocycles. The maximum atomic E-state index is 12.1. The number of carbonyl (C=O) groups excluding carboxylic acids is 1. The molecule has 0 saturated heterocycles. The minimum absolute atomic E-state index is 0.107. The first-order valence-electron chi connectivity index (χ1n) is 7.95. The quantitative estimate of drug-likeness (QED) is 0.737. The van der Waals surface area contributed by atoms with Gasteiger partial charge in [0, 0.05) is 25.7 Å². The molecule has 4 unspecified atom stereocenters. The fraction of sp³-hybridized carbons (Fsp3) is 0.933. The molecule has 2 amide bonds. The van der Waals surface area contributed by atoms with Gasteiger partial charge < -0.3 is 20.5 Å². The molecule has 2 aliphatic carbocycles. The Morgan fingerprint density at radius 1 is 1.05 bits per heavy atom. The summed E-state index contributed by atoms with van der Waals surface area (Å²) < 4.78 is 5.45. The van der Waals surface area contributed by atoms with Crippen LogP contribution in [-0.4, -0.2) is 43.0 Å². The molecule has 5 heteroatoms. The minimum Gasteiger partial charge on any atom is -0.396 e. The summed E-state index contributed by atoms with van der Waals surface area (Å²) in [5, 5.41) is 15.5. The van der Waals surface area contributed by atoms with Crippen LogP contribution in [0.3, 0.4) is 0 Å². The summed E-state index contributed by atoms with van der Waals surface area (Å²) in [6.07, 6.45) is 8.72. The molecule has 116 valence electrons. The van der Waals surface area contributed by atoms with Gasteiger partial charge in [-0.25, -0.2) is 4.79 Å². The van der Waals surface area contributed by atoms with Gasteiger partial charge in [-0.3, -0.25) is 0 Å². The van der Waals surface area contributed by atoms with Gasteiger partial charge in [0.05, 0.1) is 12.1 Å². The lowest BCUT2D eigenvalue weighted by Crippen LogP contribution is -2.53. The van der Waals surface area contributed by atoms with Crippen LogP contribution in [0.15, 0.2) is 0 Å². The van der Waals surface area contributed by atoms with Crippen molar-refractivity contribution in [3.8, 4) is 0 Å². The average molecular weight is 284 g/mol. The number of nitrogens with one attached hydrogen (secondary N) is 2. The average Bonchev–Trinajstić information content (AvgIpc) is 2.48. The zero-order chi connectivity index (χ0) is 14.4. The summed E-state index contributed by atoms with van der Waals surface area (Å²) in [4.78, 5) is 12.1. The molecule has 0 aromatic carbocycles. The second-order valence-electron chi connectivity index (χ2n) is 6.12. The van der Waals surface area contributed by atoms with E-state index in [1.54, 1.807) is 7.11 Å². The van der Waals surface area contributed by atoms with E-state index in [1.807, 2.05) is 0 Å². The van der Waals surface area contributed by atoms with Crippen LogP contribution in [0.25, 0.3) is 0 Å². The summed E-state index contributed by atoms with van der Waals surface area (Å²) in [6.45, 7) is 0.162. The van der Waals surface area contributed by atoms with E-state index in [2.05, 4.69) is 10.6 Å². The highest BCUT2D eigenvalue weighted by Gasteiger charge is 2.29. The van der Waals surface area contributed by atoms with Crippen molar-refractivity contribution in [1.82, 2.24) is 10.6 Å². The number of aliphatic hydroxyl groups excluding tert-OH is 1. The number of urea groups is 1. The van der Waals surface area contributed by atoms with Crippen LogP contribution in [0.5, 0.6) is 0 Å². The van der Waals surface area contributed by atoms with E-state index in [1.165, 1.54) is 6.42 Å². The number of hydrogen-bond acceptors (Lipinski definition) is 3. The van der Waals surface area contributed by atoms with Crippen LogP contribution in [0.4, 0.5) is 4.79 Å². The molecule has 4 atom stereocenters. The highest BCUT2D eigenvalue weighted by atomic mass is 16.5. The van der Waals surface area contributed by atoms with E-state index in [0.717, 1.165) is 44.9 Å². The summed E-state index contributed by atoms with van der Waals surface area (Å²) in [5.41, 5.74) is 0. The first-order chi connectivity index (χ1) is 9.74. The van der Waals surface area contributed by atoms with Crippen LogP contribution in [0.1, 0.15) is 51.4 Å². The van der Waals surface area contributed by atoms with Crippen LogP contribution in [-0.2, 0) is 4.74 Å². The van der Waals surface area contributed by atoms with Gasteiger partial charge in [0.2, 0.25) is 0 Å². The largest absolute Gasteiger partial charge is 0.396 e. The van der Waals surface area contributed by atoms with Crippen LogP contribution < -0.4 is 10.6 Å². The zero-order valence-corrected chi connectivity index (χ0v) is 12.4. The number of carbonyl (C=O) groups is 1. The predicted octanol–water partition coefficient (Wildman–Crippen LogP) is 1.79. The van der Waals surface area contributed by atoms with Gasteiger partial charge in [-0.15, -0.1) is 0 Å². The molecule has 2 rings (SSSR count). The van der Waals surface area contributed by atoms with Gasteiger partial charge in [-0.2, -0.15) is 0 Å². The number of ether oxygens (including phenoxy) is 1. The molecular weight excluding hydrogens is 256 g/mol. The Balaban J connectivity index is 1.81. The first-order valence-corrected chi connectivity index (χ1v) is 7.95. The number of methoxy groups -OCH3 is 1. The fourth-order valence-electron chi connectivity index (χ4n) is 3.54. The number of hydrogen-bond donors (Lipinski definition) is 3. The molecule has 2 saturated carbocycles. The monoisotopic (exact) mass is 284 g/mol. The summed E-state index contributed by atoms with van der Waals surface area (Å²) in [5.74, 6) is 0.207. The Labute approximate surface area is 121 Å². The van der Waals surface area contributed by atoms with Crippen molar-refractivity contribution < 1.29 is 14.6 Å². The molecular formula is C15H28N2O3. The standard InChI is InChI=1S/C15H28N2O3/c1-20-14-9-5-4-8-13(14)17-15(19)16-12-7-3-2-6-11(12)10-18/h11-14,18H,2-10H2,1H3,(H2,16,17,19). The molecule has 2 fully saturated rings. The third-order valence-electron chi connectivity index (χ3n) is 4.78. The normalized spacial score (nSPS) is 34.5. The summed E-state index contributed by atoms with van der Waals surface area (Å²) >= 11 is 0. The second kappa shape index (κ2) is 7.84. The van der Waals surface area contributed by atoms with Gasteiger partial charge in [0.1, 0.15) is 0 Å². The summed E-state index contributed by atoms with van der Waals surface area (Å²) in [7, 11) is 1.71. The van der Waals surface area contributed by atoms with E-state index < -0.39 is 0 Å². The lowest BCUT2D eigenvalue weighted by molar-refractivity contribution is 0.0446. The number of aliphatic hydroxyl groups is 1. The number of amides is 2. The van der Waals surface area contributed by atoms with Crippen LogP contribution >= 0.6 is 0 Å². The third-order valence-corrected chi connectivity index (χ3v) is 4.78. The topological polar surface area (TPSA) is 70.6 Å². The second-order valence-corrected chi connectivity index (χ2v) is 6.12. The Bertz CT molecular complexity index is 283. The van der Waals surface area contributed by atoms with Crippen molar-refractivity contribution in [2.75, 3.05) is 13.7 Å². The molecule has 0 aliphatic heterocycles. The Morgan fingerprint density at radius 3 is 2.35 bits per heavy atom. The Morgan fingerprint density at radius 2 is 1.65 bits per heavy atom. The molecule has 0 aromatic heterocycles. The number of rotatable bonds is 4. The highest BCUT2D eigenvalue weighted by Crippen LogP contribution is 2.24. The maximum absolute atomic E-state index is 12.1. The minimum atomic E-state index is -0.107. The van der Waals surface area contributed by atoms with Gasteiger partial charge in [0.15, 0.2) is 0 Å². The molecule has 0 bridgehead atoms. The lowest BCUT2D eigenvalue weighted by atomic mass is 9.85. The Hall–Kier alpha value is -0.810. The van der Waals surface area contributed by atoms with Gasteiger partial charge in [0.25, 0.3) is 0 Å². The summed E-state index contributed by atoms with van der Waals surface area (Å²) in [6, 6.07) is 0.118. The molecule has 3 N–H and O–H groups in total. The molecule has 2 aliphatic rings. The smallest absolute Gasteiger partial charge is 0.315 e. The van der Waals surface area contributed by atoms with E-state index in [0.29, 0.717) is 0 Å². The van der Waals surface area contributed by atoms with E-state index >= 15 is 0 Å². The Kier molecular flexibility index (Phi) is 6.10. The SMILES string of the molecule is COC1CCCCC1NC(=O)NC1CCCCC1CO. The molecule has 0 spiro atoms. The van der Waals surface area contributed by atoms with Gasteiger partial charge >= 0.3 is 6.03 Å². The predicted molar refractivity (Wildman–Crippen MR) is 77.6 cm³/mol. The van der Waals surface area contributed by atoms with E-state index in [-0.39, 0.29) is 36.7 Å². The maximum Gasteiger partial charge on any atom is 0.315 e. The molecule has 5 nitrogen and oxygen atoms in total. The molecule has 20 heavy (non-hydrogen) atoms. The lowest BCUT2D eigenvalue weighted by Gasteiger charge is -2.34. The van der Waals surface area contributed by atoms with E-state index in [4.69, 9.17) is 4.74 Å². The van der Waals surface area contributed by atoms with Crippen molar-refractivity contribution in [2.24, 2.45) is 5.92 Å². The van der Waals surface area contributed by atoms with E-state index in [9.17, 15) is 9.90 Å². The van der Waals surface area contributed by atoms with Gasteiger partial charge in [-0.05, 0) is 25.7 Å². The van der Waals surface area contributed by atoms with Crippen molar-refractivity contribution in [1.29, 1.82) is 0 Å². The zero-order valence-electron chi connectivity index (χ0n) is 12.4. The van der Waals surface area contributed by atoms with Crippen molar-refractivity contribution in [3.63, 3.8) is 0 Å². The van der Waals surface area contributed by atoms with Crippen molar-refractivity contribution >= 4 is 6.03 Å². The highest BCUT2D eigenvalue weighted by molar-refractivity contribution is 5.74. The molecule has 0 radical (unpaired) electrons. The third kappa shape index (κ3) is 4.09. The molecule has 0 aromatic rings.